The Hall–Kier alpha value is -3.88. The van der Waals surface area contributed by atoms with Crippen molar-refractivity contribution in [2.75, 3.05) is 20.3 Å². The molecule has 0 spiro atoms. The van der Waals surface area contributed by atoms with Crippen molar-refractivity contribution in [3.05, 3.63) is 60.6 Å². The molecule has 4 aromatic rings. The van der Waals surface area contributed by atoms with Gasteiger partial charge in [-0.05, 0) is 30.3 Å². The van der Waals surface area contributed by atoms with Crippen LogP contribution in [0.15, 0.2) is 59.2 Å². The number of carbonyl (C=O) groups is 1. The maximum Gasteiger partial charge on any atom is 0.287 e. The number of nitrogens with zero attached hydrogens (tertiary/aromatic N) is 4. The van der Waals surface area contributed by atoms with Gasteiger partial charge in [-0.25, -0.2) is 0 Å². The van der Waals surface area contributed by atoms with E-state index in [0.29, 0.717) is 29.6 Å². The number of fused-ring (bicyclic) bond motifs is 1. The Morgan fingerprint density at radius 1 is 1.18 bits per heavy atom. The van der Waals surface area contributed by atoms with Gasteiger partial charge in [-0.1, -0.05) is 12.1 Å². The van der Waals surface area contributed by atoms with E-state index in [1.165, 1.54) is 6.26 Å². The molecule has 0 atom stereocenters. The van der Waals surface area contributed by atoms with Crippen LogP contribution in [0.25, 0.3) is 17.0 Å². The number of ether oxygens (including phenoxy) is 2. The molecular formula is C19H17N5O4. The fourth-order valence-corrected chi connectivity index (χ4v) is 2.61. The summed E-state index contributed by atoms with van der Waals surface area (Å²) in [7, 11) is 1.61. The van der Waals surface area contributed by atoms with Crippen molar-refractivity contribution in [3.8, 4) is 23.0 Å². The van der Waals surface area contributed by atoms with Crippen LogP contribution in [0.3, 0.4) is 0 Å². The average Bonchev–Trinajstić information content (AvgIpc) is 3.41. The molecule has 9 heteroatoms. The highest BCUT2D eigenvalue weighted by Crippen LogP contribution is 2.23. The van der Waals surface area contributed by atoms with Crippen LogP contribution in [0.1, 0.15) is 10.6 Å². The number of aromatic nitrogens is 4. The summed E-state index contributed by atoms with van der Waals surface area (Å²) in [4.78, 5) is 11.8. The van der Waals surface area contributed by atoms with Crippen LogP contribution in [0.2, 0.25) is 0 Å². The second-order valence-electron chi connectivity index (χ2n) is 5.78. The zero-order valence-corrected chi connectivity index (χ0v) is 15.0. The zero-order chi connectivity index (χ0) is 19.3. The van der Waals surface area contributed by atoms with Crippen molar-refractivity contribution < 1.29 is 18.7 Å². The third-order valence-corrected chi connectivity index (χ3v) is 3.95. The van der Waals surface area contributed by atoms with Gasteiger partial charge in [-0.15, -0.1) is 15.3 Å². The molecular weight excluding hydrogens is 362 g/mol. The fraction of sp³-hybridized carbons (Fsp3) is 0.158. The number of amides is 1. The maximum atomic E-state index is 11.8. The summed E-state index contributed by atoms with van der Waals surface area (Å²) >= 11 is 0. The normalized spacial score (nSPS) is 10.8. The third kappa shape index (κ3) is 3.63. The van der Waals surface area contributed by atoms with Crippen molar-refractivity contribution >= 4 is 11.6 Å². The number of rotatable bonds is 7. The molecule has 0 fully saturated rings. The Balaban J connectivity index is 1.44. The first-order valence-corrected chi connectivity index (χ1v) is 8.56. The number of hydrogen-bond donors (Lipinski definition) is 1. The smallest absolute Gasteiger partial charge is 0.287 e. The molecule has 0 saturated heterocycles. The number of carbonyl (C=O) groups excluding carboxylic acids is 1. The molecule has 142 valence electrons. The van der Waals surface area contributed by atoms with E-state index in [2.05, 4.69) is 20.6 Å². The Labute approximate surface area is 159 Å². The minimum absolute atomic E-state index is 0.252. The van der Waals surface area contributed by atoms with Crippen LogP contribution >= 0.6 is 0 Å². The third-order valence-electron chi connectivity index (χ3n) is 3.95. The van der Waals surface area contributed by atoms with E-state index >= 15 is 0 Å². The van der Waals surface area contributed by atoms with E-state index in [0.717, 1.165) is 5.56 Å². The lowest BCUT2D eigenvalue weighted by atomic mass is 10.2. The number of benzene rings is 1. The SMILES string of the molecule is COc1cccc(-c2nnc3ccc(OCCNC(=O)c4ccco4)nn23)c1. The molecule has 0 bridgehead atoms. The highest BCUT2D eigenvalue weighted by atomic mass is 16.5. The number of methoxy groups -OCH3 is 1. The van der Waals surface area contributed by atoms with Crippen molar-refractivity contribution in [3.63, 3.8) is 0 Å². The average molecular weight is 379 g/mol. The molecule has 28 heavy (non-hydrogen) atoms. The standard InChI is InChI=1S/C19H17N5O4/c1-26-14-5-2-4-13(12-14)18-22-21-16-7-8-17(23-24(16)18)28-11-9-20-19(25)15-6-3-10-27-15/h2-8,10,12H,9,11H2,1H3,(H,20,25). The number of nitrogens with one attached hydrogen (secondary N) is 1. The summed E-state index contributed by atoms with van der Waals surface area (Å²) in [5.41, 5.74) is 1.42. The first kappa shape index (κ1) is 17.5. The van der Waals surface area contributed by atoms with Crippen LogP contribution < -0.4 is 14.8 Å². The Bertz CT molecular complexity index is 1090. The molecule has 3 aromatic heterocycles. The lowest BCUT2D eigenvalue weighted by molar-refractivity contribution is 0.0919. The van der Waals surface area contributed by atoms with Gasteiger partial charge in [-0.3, -0.25) is 4.79 Å². The molecule has 0 aliphatic heterocycles. The summed E-state index contributed by atoms with van der Waals surface area (Å²) in [6, 6.07) is 14.2. The lowest BCUT2D eigenvalue weighted by Gasteiger charge is -2.07. The molecule has 0 aliphatic carbocycles. The quantitative estimate of drug-likeness (QED) is 0.491. The second-order valence-corrected chi connectivity index (χ2v) is 5.78. The molecule has 0 unspecified atom stereocenters. The Morgan fingerprint density at radius 2 is 2.11 bits per heavy atom. The monoisotopic (exact) mass is 379 g/mol. The van der Waals surface area contributed by atoms with Gasteiger partial charge in [0.15, 0.2) is 17.2 Å². The van der Waals surface area contributed by atoms with E-state index in [4.69, 9.17) is 13.9 Å². The van der Waals surface area contributed by atoms with Crippen LogP contribution in [-0.4, -0.2) is 46.0 Å². The highest BCUT2D eigenvalue weighted by Gasteiger charge is 2.12. The van der Waals surface area contributed by atoms with Gasteiger partial charge in [0.25, 0.3) is 5.91 Å². The van der Waals surface area contributed by atoms with Gasteiger partial charge in [-0.2, -0.15) is 4.52 Å². The van der Waals surface area contributed by atoms with E-state index in [9.17, 15) is 4.79 Å². The molecule has 0 radical (unpaired) electrons. The van der Waals surface area contributed by atoms with Gasteiger partial charge in [0.1, 0.15) is 12.4 Å². The molecule has 4 rings (SSSR count). The number of hydrogen-bond acceptors (Lipinski definition) is 7. The first-order valence-electron chi connectivity index (χ1n) is 8.56. The second kappa shape index (κ2) is 7.78. The minimum Gasteiger partial charge on any atom is -0.497 e. The molecule has 9 nitrogen and oxygen atoms in total. The van der Waals surface area contributed by atoms with Gasteiger partial charge in [0, 0.05) is 11.6 Å². The van der Waals surface area contributed by atoms with E-state index in [1.54, 1.807) is 35.9 Å². The van der Waals surface area contributed by atoms with E-state index in [-0.39, 0.29) is 18.3 Å². The molecule has 0 saturated carbocycles. The summed E-state index contributed by atoms with van der Waals surface area (Å²) in [5, 5.41) is 15.5. The van der Waals surface area contributed by atoms with Gasteiger partial charge in [0.2, 0.25) is 5.88 Å². The Morgan fingerprint density at radius 3 is 2.93 bits per heavy atom. The number of furan rings is 1. The summed E-state index contributed by atoms with van der Waals surface area (Å²) in [6.07, 6.45) is 1.45. The minimum atomic E-state index is -0.295. The molecule has 1 N–H and O–H groups in total. The van der Waals surface area contributed by atoms with Crippen LogP contribution in [0, 0.1) is 0 Å². The lowest BCUT2D eigenvalue weighted by Crippen LogP contribution is -2.27. The fourth-order valence-electron chi connectivity index (χ4n) is 2.61. The largest absolute Gasteiger partial charge is 0.497 e. The highest BCUT2D eigenvalue weighted by molar-refractivity contribution is 5.91. The first-order chi connectivity index (χ1) is 13.7. The maximum absolute atomic E-state index is 11.8. The molecule has 1 aromatic carbocycles. The van der Waals surface area contributed by atoms with Crippen molar-refractivity contribution in [2.24, 2.45) is 0 Å². The Kier molecular flexibility index (Phi) is 4.87. The topological polar surface area (TPSA) is 104 Å². The molecule has 3 heterocycles. The summed E-state index contributed by atoms with van der Waals surface area (Å²) in [6.45, 7) is 0.561. The predicted octanol–water partition coefficient (Wildman–Crippen LogP) is 2.20. The van der Waals surface area contributed by atoms with Crippen molar-refractivity contribution in [1.82, 2.24) is 25.1 Å². The van der Waals surface area contributed by atoms with Crippen molar-refractivity contribution in [1.29, 1.82) is 0 Å². The van der Waals surface area contributed by atoms with Crippen LogP contribution in [-0.2, 0) is 0 Å². The van der Waals surface area contributed by atoms with Gasteiger partial charge < -0.3 is 19.2 Å². The van der Waals surface area contributed by atoms with Crippen molar-refractivity contribution in [2.45, 2.75) is 0 Å². The van der Waals surface area contributed by atoms with E-state index < -0.39 is 0 Å². The van der Waals surface area contributed by atoms with Gasteiger partial charge >= 0.3 is 0 Å². The molecule has 1 amide bonds. The summed E-state index contributed by atoms with van der Waals surface area (Å²) < 4.78 is 17.5. The zero-order valence-electron chi connectivity index (χ0n) is 15.0. The van der Waals surface area contributed by atoms with Gasteiger partial charge in [0.05, 0.1) is 19.9 Å². The summed E-state index contributed by atoms with van der Waals surface area (Å²) in [5.74, 6) is 1.64. The molecule has 0 aliphatic rings. The predicted molar refractivity (Wildman–Crippen MR) is 99.3 cm³/mol. The van der Waals surface area contributed by atoms with Crippen LogP contribution in [0.5, 0.6) is 11.6 Å². The van der Waals surface area contributed by atoms with Crippen LogP contribution in [0.4, 0.5) is 0 Å². The van der Waals surface area contributed by atoms with E-state index in [1.807, 2.05) is 24.3 Å².